The van der Waals surface area contributed by atoms with E-state index in [0.717, 1.165) is 36.9 Å². The normalized spacial score (nSPS) is 27.9. The van der Waals surface area contributed by atoms with Gasteiger partial charge in [-0.05, 0) is 43.4 Å². The Labute approximate surface area is 163 Å². The molecule has 4 atom stereocenters. The number of hydrogen-bond acceptors (Lipinski definition) is 3. The molecule has 1 radical (unpaired) electrons. The summed E-state index contributed by atoms with van der Waals surface area (Å²) in [4.78, 5) is 4.22. The minimum absolute atomic E-state index is 0. The number of aromatic nitrogens is 1. The number of benzene rings is 1. The molecule has 2 aliphatic carbocycles. The summed E-state index contributed by atoms with van der Waals surface area (Å²) in [7, 11) is 0. The topological polar surface area (TPSA) is 53.4 Å². The Hall–Kier alpha value is -1.06. The van der Waals surface area contributed by atoms with Crippen LogP contribution in [0.1, 0.15) is 38.5 Å². The maximum atomic E-state index is 9.77. The third kappa shape index (κ3) is 5.46. The standard InChI is InChI=1S/C11H8N.C10H18O2.Ir/c1-2-6-10(7-3-1)11-8-4-5-9-12-11;11-8-4-2-1-3-7-5-6-9(12)10(7)8;/h1-6,8-9H;7-12H,1-6H2;/q-1;;. The summed E-state index contributed by atoms with van der Waals surface area (Å²) in [5, 5.41) is 19.4. The molecule has 1 heterocycles. The minimum atomic E-state index is -0.227. The van der Waals surface area contributed by atoms with Crippen LogP contribution in [0.5, 0.6) is 0 Å². The molecule has 4 unspecified atom stereocenters. The number of rotatable bonds is 1. The summed E-state index contributed by atoms with van der Waals surface area (Å²) >= 11 is 0. The summed E-state index contributed by atoms with van der Waals surface area (Å²) in [5.41, 5.74) is 2.01. The van der Waals surface area contributed by atoms with Gasteiger partial charge < -0.3 is 15.2 Å². The Kier molecular flexibility index (Phi) is 8.24. The van der Waals surface area contributed by atoms with Gasteiger partial charge in [0.05, 0.1) is 12.2 Å². The molecule has 0 amide bonds. The molecule has 0 bridgehead atoms. The zero-order valence-electron chi connectivity index (χ0n) is 14.3. The molecule has 0 aliphatic heterocycles. The summed E-state index contributed by atoms with van der Waals surface area (Å²) < 4.78 is 0. The molecule has 1 aromatic carbocycles. The molecule has 137 valence electrons. The van der Waals surface area contributed by atoms with Crippen molar-refractivity contribution in [3.8, 4) is 11.3 Å². The quantitative estimate of drug-likeness (QED) is 0.567. The SMILES string of the molecule is OC1CCCCC2CCC(O)C12.[Ir].[c-]1ccccc1-c1ccccn1. The van der Waals surface area contributed by atoms with E-state index in [9.17, 15) is 10.2 Å². The monoisotopic (exact) mass is 517 g/mol. The van der Waals surface area contributed by atoms with Gasteiger partial charge in [0.25, 0.3) is 0 Å². The number of nitrogens with zero attached hydrogens (tertiary/aromatic N) is 1. The Morgan fingerprint density at radius 3 is 2.36 bits per heavy atom. The van der Waals surface area contributed by atoms with E-state index in [-0.39, 0.29) is 38.2 Å². The van der Waals surface area contributed by atoms with Crippen molar-refractivity contribution >= 4 is 0 Å². The maximum Gasteiger partial charge on any atom is 0.0595 e. The van der Waals surface area contributed by atoms with Crippen molar-refractivity contribution < 1.29 is 30.3 Å². The second kappa shape index (κ2) is 10.2. The van der Waals surface area contributed by atoms with Gasteiger partial charge in [0, 0.05) is 32.2 Å². The molecule has 3 nitrogen and oxygen atoms in total. The molecule has 4 heteroatoms. The molecule has 25 heavy (non-hydrogen) atoms. The van der Waals surface area contributed by atoms with Crippen LogP contribution in [0.4, 0.5) is 0 Å². The third-order valence-corrected chi connectivity index (χ3v) is 5.24. The van der Waals surface area contributed by atoms with Crippen LogP contribution in [0.3, 0.4) is 0 Å². The fourth-order valence-corrected chi connectivity index (χ4v) is 4.02. The predicted molar refractivity (Wildman–Crippen MR) is 95.2 cm³/mol. The first-order chi connectivity index (χ1) is 11.8. The minimum Gasteiger partial charge on any atom is -0.393 e. The first-order valence-electron chi connectivity index (χ1n) is 9.00. The zero-order valence-corrected chi connectivity index (χ0v) is 16.7. The summed E-state index contributed by atoms with van der Waals surface area (Å²) in [6.07, 6.45) is 7.88. The van der Waals surface area contributed by atoms with Crippen LogP contribution in [0, 0.1) is 17.9 Å². The molecule has 2 aliphatic rings. The smallest absolute Gasteiger partial charge is 0.0595 e. The first-order valence-corrected chi connectivity index (χ1v) is 9.00. The molecule has 0 saturated heterocycles. The first kappa shape index (κ1) is 20.3. The Morgan fingerprint density at radius 2 is 1.64 bits per heavy atom. The fraction of sp³-hybridized carbons (Fsp3) is 0.476. The van der Waals surface area contributed by atoms with Crippen LogP contribution < -0.4 is 0 Å². The van der Waals surface area contributed by atoms with Gasteiger partial charge in [0.2, 0.25) is 0 Å². The van der Waals surface area contributed by atoms with Gasteiger partial charge >= 0.3 is 0 Å². The van der Waals surface area contributed by atoms with Crippen LogP contribution in [-0.2, 0) is 20.1 Å². The van der Waals surface area contributed by atoms with E-state index in [4.69, 9.17) is 0 Å². The van der Waals surface area contributed by atoms with Crippen LogP contribution in [0.25, 0.3) is 11.3 Å². The van der Waals surface area contributed by atoms with E-state index in [0.29, 0.717) is 5.92 Å². The Balaban J connectivity index is 0.000000173. The molecule has 0 spiro atoms. The van der Waals surface area contributed by atoms with Crippen molar-refractivity contribution in [2.24, 2.45) is 11.8 Å². The van der Waals surface area contributed by atoms with Crippen molar-refractivity contribution in [3.63, 3.8) is 0 Å². The molecule has 1 aromatic heterocycles. The molecular weight excluding hydrogens is 490 g/mol. The molecule has 2 saturated carbocycles. The second-order valence-corrected chi connectivity index (χ2v) is 6.83. The van der Waals surface area contributed by atoms with Gasteiger partial charge in [-0.15, -0.1) is 35.9 Å². The summed E-state index contributed by atoms with van der Waals surface area (Å²) in [6.45, 7) is 0. The van der Waals surface area contributed by atoms with Crippen molar-refractivity contribution in [2.75, 3.05) is 0 Å². The molecule has 4 rings (SSSR count). The van der Waals surface area contributed by atoms with Crippen LogP contribution >= 0.6 is 0 Å². The van der Waals surface area contributed by atoms with E-state index in [1.165, 1.54) is 12.8 Å². The van der Waals surface area contributed by atoms with E-state index in [1.807, 2.05) is 42.5 Å². The zero-order chi connectivity index (χ0) is 16.8. The molecule has 2 aromatic rings. The number of aliphatic hydroxyl groups is 2. The average molecular weight is 517 g/mol. The fourth-order valence-electron chi connectivity index (χ4n) is 4.02. The molecule has 2 fully saturated rings. The van der Waals surface area contributed by atoms with Gasteiger partial charge in [-0.3, -0.25) is 0 Å². The van der Waals surface area contributed by atoms with Crippen molar-refractivity contribution in [1.29, 1.82) is 0 Å². The third-order valence-electron chi connectivity index (χ3n) is 5.24. The average Bonchev–Trinajstić information content (AvgIpc) is 2.90. The van der Waals surface area contributed by atoms with Crippen LogP contribution in [0.15, 0.2) is 48.7 Å². The van der Waals surface area contributed by atoms with E-state index < -0.39 is 0 Å². The Bertz CT molecular complexity index is 570. The number of hydrogen-bond donors (Lipinski definition) is 2. The van der Waals surface area contributed by atoms with Gasteiger partial charge in [-0.2, -0.15) is 0 Å². The molecular formula is C21H26IrNO2-. The van der Waals surface area contributed by atoms with Gasteiger partial charge in [-0.1, -0.05) is 25.0 Å². The van der Waals surface area contributed by atoms with Crippen molar-refractivity contribution in [3.05, 3.63) is 54.7 Å². The predicted octanol–water partition coefficient (Wildman–Crippen LogP) is 3.85. The van der Waals surface area contributed by atoms with E-state index >= 15 is 0 Å². The second-order valence-electron chi connectivity index (χ2n) is 6.83. The van der Waals surface area contributed by atoms with Crippen molar-refractivity contribution in [1.82, 2.24) is 4.98 Å². The van der Waals surface area contributed by atoms with Gasteiger partial charge in [-0.25, -0.2) is 0 Å². The molecule has 2 N–H and O–H groups in total. The Morgan fingerprint density at radius 1 is 0.880 bits per heavy atom. The van der Waals surface area contributed by atoms with E-state index in [2.05, 4.69) is 11.1 Å². The number of fused-ring (bicyclic) bond motifs is 1. The van der Waals surface area contributed by atoms with Gasteiger partial charge in [0.15, 0.2) is 0 Å². The van der Waals surface area contributed by atoms with Crippen LogP contribution in [0.2, 0.25) is 0 Å². The largest absolute Gasteiger partial charge is 0.393 e. The maximum absolute atomic E-state index is 9.77. The summed E-state index contributed by atoms with van der Waals surface area (Å²) in [6, 6.07) is 16.8. The summed E-state index contributed by atoms with van der Waals surface area (Å²) in [5.74, 6) is 0.810. The van der Waals surface area contributed by atoms with E-state index in [1.54, 1.807) is 6.20 Å². The number of aliphatic hydroxyl groups excluding tert-OH is 2. The number of pyridine rings is 1. The van der Waals surface area contributed by atoms with Crippen molar-refractivity contribution in [2.45, 2.75) is 50.7 Å². The van der Waals surface area contributed by atoms with Crippen LogP contribution in [-0.4, -0.2) is 27.4 Å². The van der Waals surface area contributed by atoms with Gasteiger partial charge in [0.1, 0.15) is 0 Å².